The minimum Gasteiger partial charge on any atom is -0.478 e. The van der Waals surface area contributed by atoms with Crippen molar-refractivity contribution in [2.75, 3.05) is 55.9 Å². The molecule has 0 spiro atoms. The number of morpholine rings is 1. The molecule has 0 unspecified atom stereocenters. The van der Waals surface area contributed by atoms with Crippen LogP contribution < -0.4 is 9.80 Å². The zero-order valence-electron chi connectivity index (χ0n) is 18.3. The summed E-state index contributed by atoms with van der Waals surface area (Å²) in [5, 5.41) is 9.87. The van der Waals surface area contributed by atoms with E-state index in [0.717, 1.165) is 73.9 Å². The average molecular weight is 426 g/mol. The Morgan fingerprint density at radius 3 is 2.45 bits per heavy atom. The minimum absolute atomic E-state index is 0.343. The number of carboxylic acid groups (broad SMARTS) is 1. The van der Waals surface area contributed by atoms with Crippen LogP contribution in [0.4, 0.5) is 11.5 Å². The molecule has 0 amide bonds. The molecule has 1 N–H and O–H groups in total. The van der Waals surface area contributed by atoms with Crippen molar-refractivity contribution in [3.8, 4) is 11.1 Å². The molecular formula is C24H31N3O4. The summed E-state index contributed by atoms with van der Waals surface area (Å²) in [5.74, 6) is 0.0248. The number of aromatic carboxylic acids is 1. The van der Waals surface area contributed by atoms with Crippen molar-refractivity contribution in [3.63, 3.8) is 0 Å². The Bertz CT molecular complexity index is 904. The Hall–Kier alpha value is -2.64. The van der Waals surface area contributed by atoms with E-state index in [1.807, 2.05) is 25.3 Å². The van der Waals surface area contributed by atoms with Gasteiger partial charge in [-0.2, -0.15) is 0 Å². The van der Waals surface area contributed by atoms with Gasteiger partial charge in [0.15, 0.2) is 0 Å². The number of nitrogens with zero attached hydrogens (tertiary/aromatic N) is 3. The minimum atomic E-state index is -0.901. The molecule has 3 heterocycles. The summed E-state index contributed by atoms with van der Waals surface area (Å²) in [6, 6.07) is 8.28. The van der Waals surface area contributed by atoms with E-state index in [-0.39, 0.29) is 0 Å². The Balaban J connectivity index is 1.69. The first kappa shape index (κ1) is 21.6. The molecule has 0 aliphatic carbocycles. The van der Waals surface area contributed by atoms with Crippen LogP contribution in [0.3, 0.4) is 0 Å². The highest BCUT2D eigenvalue weighted by Crippen LogP contribution is 2.34. The lowest BCUT2D eigenvalue weighted by Crippen LogP contribution is -2.40. The number of hydrogen-bond acceptors (Lipinski definition) is 6. The van der Waals surface area contributed by atoms with E-state index in [0.29, 0.717) is 24.8 Å². The summed E-state index contributed by atoms with van der Waals surface area (Å²) in [7, 11) is 0. The molecule has 2 fully saturated rings. The predicted octanol–water partition coefficient (Wildman–Crippen LogP) is 3.60. The molecule has 2 aliphatic rings. The van der Waals surface area contributed by atoms with E-state index in [2.05, 4.69) is 27.8 Å². The first-order valence-corrected chi connectivity index (χ1v) is 11.1. The van der Waals surface area contributed by atoms with Gasteiger partial charge in [0.2, 0.25) is 0 Å². The highest BCUT2D eigenvalue weighted by molar-refractivity contribution is 5.94. The molecule has 7 heteroatoms. The molecule has 2 saturated heterocycles. The Morgan fingerprint density at radius 2 is 1.84 bits per heavy atom. The Labute approximate surface area is 183 Å². The van der Waals surface area contributed by atoms with E-state index >= 15 is 0 Å². The smallest absolute Gasteiger partial charge is 0.336 e. The maximum Gasteiger partial charge on any atom is 0.336 e. The molecule has 0 bridgehead atoms. The van der Waals surface area contributed by atoms with Crippen molar-refractivity contribution in [1.82, 2.24) is 4.98 Å². The van der Waals surface area contributed by atoms with Gasteiger partial charge in [0.1, 0.15) is 5.82 Å². The van der Waals surface area contributed by atoms with Crippen molar-refractivity contribution in [2.45, 2.75) is 32.7 Å². The van der Waals surface area contributed by atoms with Gasteiger partial charge in [-0.3, -0.25) is 0 Å². The first-order chi connectivity index (χ1) is 15.1. The molecule has 7 nitrogen and oxygen atoms in total. The number of carbonyl (C=O) groups is 1. The van der Waals surface area contributed by atoms with E-state index < -0.39 is 5.97 Å². The monoisotopic (exact) mass is 425 g/mol. The second-order valence-electron chi connectivity index (χ2n) is 8.11. The fourth-order valence-corrected chi connectivity index (χ4v) is 4.54. The average Bonchev–Trinajstić information content (AvgIpc) is 2.82. The van der Waals surface area contributed by atoms with Gasteiger partial charge in [0.05, 0.1) is 18.8 Å². The molecule has 1 aromatic carbocycles. The van der Waals surface area contributed by atoms with Gasteiger partial charge >= 0.3 is 5.97 Å². The van der Waals surface area contributed by atoms with Gasteiger partial charge < -0.3 is 24.4 Å². The third-order valence-corrected chi connectivity index (χ3v) is 6.31. The molecule has 0 atom stereocenters. The summed E-state index contributed by atoms with van der Waals surface area (Å²) in [5.41, 5.74) is 3.94. The molecule has 2 aliphatic heterocycles. The number of carboxylic acids is 1. The number of ether oxygens (including phenoxy) is 2. The van der Waals surface area contributed by atoms with Gasteiger partial charge in [-0.05, 0) is 62.1 Å². The largest absolute Gasteiger partial charge is 0.478 e. The van der Waals surface area contributed by atoms with E-state index in [1.165, 1.54) is 0 Å². The third-order valence-electron chi connectivity index (χ3n) is 6.31. The SMILES string of the molecule is CCN(c1cc(-c2ccc(N3CCOCC3)nc2)cc(C(=O)O)c1C)C1CCOCC1. The zero-order valence-corrected chi connectivity index (χ0v) is 18.3. The van der Waals surface area contributed by atoms with Crippen LogP contribution in [0.15, 0.2) is 30.5 Å². The fraction of sp³-hybridized carbons (Fsp3) is 0.500. The summed E-state index contributed by atoms with van der Waals surface area (Å²) in [6.45, 7) is 9.45. The van der Waals surface area contributed by atoms with Gasteiger partial charge in [-0.1, -0.05) is 0 Å². The second-order valence-corrected chi connectivity index (χ2v) is 8.11. The first-order valence-electron chi connectivity index (χ1n) is 11.1. The van der Waals surface area contributed by atoms with E-state index in [1.54, 1.807) is 6.07 Å². The fourth-order valence-electron chi connectivity index (χ4n) is 4.54. The van der Waals surface area contributed by atoms with Crippen molar-refractivity contribution >= 4 is 17.5 Å². The van der Waals surface area contributed by atoms with E-state index in [4.69, 9.17) is 9.47 Å². The molecule has 0 radical (unpaired) electrons. The summed E-state index contributed by atoms with van der Waals surface area (Å²) in [4.78, 5) is 21.2. The molecule has 2 aromatic rings. The number of aromatic nitrogens is 1. The molecule has 166 valence electrons. The molecule has 1 aromatic heterocycles. The molecule has 31 heavy (non-hydrogen) atoms. The highest BCUT2D eigenvalue weighted by atomic mass is 16.5. The van der Waals surface area contributed by atoms with Crippen molar-refractivity contribution in [2.24, 2.45) is 0 Å². The van der Waals surface area contributed by atoms with Crippen LogP contribution in [-0.2, 0) is 9.47 Å². The van der Waals surface area contributed by atoms with Crippen molar-refractivity contribution < 1.29 is 19.4 Å². The highest BCUT2D eigenvalue weighted by Gasteiger charge is 2.24. The van der Waals surface area contributed by atoms with Crippen LogP contribution in [0.2, 0.25) is 0 Å². The zero-order chi connectivity index (χ0) is 21.8. The number of rotatable bonds is 6. The lowest BCUT2D eigenvalue weighted by molar-refractivity contribution is 0.0695. The van der Waals surface area contributed by atoms with Crippen LogP contribution in [-0.4, -0.2) is 68.2 Å². The Morgan fingerprint density at radius 1 is 1.13 bits per heavy atom. The summed E-state index contributed by atoms with van der Waals surface area (Å²) < 4.78 is 11.0. The standard InChI is InChI=1S/C24H31N3O4/c1-3-27(20-6-10-30-11-7-20)22-15-19(14-21(17(22)2)24(28)29)18-4-5-23(25-16-18)26-8-12-31-13-9-26/h4-5,14-16,20H,3,6-13H2,1-2H3,(H,28,29). The molecule has 0 saturated carbocycles. The van der Waals surface area contributed by atoms with Crippen molar-refractivity contribution in [3.05, 3.63) is 41.6 Å². The number of benzene rings is 1. The normalized spacial score (nSPS) is 17.5. The summed E-state index contributed by atoms with van der Waals surface area (Å²) in [6.07, 6.45) is 3.75. The maximum absolute atomic E-state index is 12.0. The Kier molecular flexibility index (Phi) is 6.73. The van der Waals surface area contributed by atoms with E-state index in [9.17, 15) is 9.90 Å². The third kappa shape index (κ3) is 4.67. The predicted molar refractivity (Wildman–Crippen MR) is 121 cm³/mol. The molecular weight excluding hydrogens is 394 g/mol. The van der Waals surface area contributed by atoms with Crippen molar-refractivity contribution in [1.29, 1.82) is 0 Å². The van der Waals surface area contributed by atoms with Gasteiger partial charge in [-0.25, -0.2) is 9.78 Å². The van der Waals surface area contributed by atoms with Gasteiger partial charge in [-0.15, -0.1) is 0 Å². The van der Waals surface area contributed by atoms with Crippen LogP contribution in [0, 0.1) is 6.92 Å². The van der Waals surface area contributed by atoms with Crippen LogP contribution in [0.1, 0.15) is 35.7 Å². The maximum atomic E-state index is 12.0. The number of anilines is 2. The van der Waals surface area contributed by atoms with Gasteiger partial charge in [0, 0.05) is 56.3 Å². The number of pyridine rings is 1. The topological polar surface area (TPSA) is 75.1 Å². The summed E-state index contributed by atoms with van der Waals surface area (Å²) >= 11 is 0. The van der Waals surface area contributed by atoms with Gasteiger partial charge in [0.25, 0.3) is 0 Å². The lowest BCUT2D eigenvalue weighted by Gasteiger charge is -2.36. The molecule has 4 rings (SSSR count). The van der Waals surface area contributed by atoms with Crippen LogP contribution >= 0.6 is 0 Å². The second kappa shape index (κ2) is 9.66. The lowest BCUT2D eigenvalue weighted by atomic mass is 9.96. The number of hydrogen-bond donors (Lipinski definition) is 1. The van der Waals surface area contributed by atoms with Crippen LogP contribution in [0.5, 0.6) is 0 Å². The quantitative estimate of drug-likeness (QED) is 0.758. The van der Waals surface area contributed by atoms with Crippen LogP contribution in [0.25, 0.3) is 11.1 Å².